The molecule has 0 bridgehead atoms. The summed E-state index contributed by atoms with van der Waals surface area (Å²) in [6.07, 6.45) is 2.04. The lowest BCUT2D eigenvalue weighted by atomic mass is 10.1. The highest BCUT2D eigenvalue weighted by molar-refractivity contribution is 9.09. The van der Waals surface area contributed by atoms with Gasteiger partial charge in [-0.2, -0.15) is 0 Å². The van der Waals surface area contributed by atoms with E-state index in [1.807, 2.05) is 36.6 Å². The maximum Gasteiger partial charge on any atom is 0.189 e. The predicted molar refractivity (Wildman–Crippen MR) is 95.5 cm³/mol. The normalized spacial score (nSPS) is 11.0. The molecule has 0 amide bonds. The van der Waals surface area contributed by atoms with E-state index >= 15 is 0 Å². The van der Waals surface area contributed by atoms with Crippen molar-refractivity contribution in [3.8, 4) is 17.0 Å². The highest BCUT2D eigenvalue weighted by Crippen LogP contribution is 2.39. The van der Waals surface area contributed by atoms with Crippen molar-refractivity contribution in [2.75, 3.05) is 18.2 Å². The van der Waals surface area contributed by atoms with E-state index in [0.717, 1.165) is 26.9 Å². The van der Waals surface area contributed by atoms with E-state index in [2.05, 4.69) is 27.2 Å². The average molecular weight is 399 g/mol. The van der Waals surface area contributed by atoms with Gasteiger partial charge in [-0.3, -0.25) is 0 Å². The third kappa shape index (κ3) is 2.85. The van der Waals surface area contributed by atoms with Crippen molar-refractivity contribution in [3.05, 3.63) is 41.4 Å². The van der Waals surface area contributed by atoms with Crippen molar-refractivity contribution in [2.45, 2.75) is 4.90 Å². The Morgan fingerprint density at radius 1 is 1.27 bits per heavy atom. The molecule has 0 unspecified atom stereocenters. The van der Waals surface area contributed by atoms with Crippen LogP contribution in [0.5, 0.6) is 5.75 Å². The summed E-state index contributed by atoms with van der Waals surface area (Å²) in [6.45, 7) is 0.543. The third-order valence-corrected chi connectivity index (χ3v) is 4.72. The number of halogens is 2. The van der Waals surface area contributed by atoms with Crippen LogP contribution in [0.15, 0.2) is 45.8 Å². The third-order valence-electron chi connectivity index (χ3n) is 3.24. The van der Waals surface area contributed by atoms with Crippen molar-refractivity contribution in [2.24, 2.45) is 0 Å². The van der Waals surface area contributed by atoms with Crippen LogP contribution < -0.4 is 4.74 Å². The van der Waals surface area contributed by atoms with Gasteiger partial charge in [-0.1, -0.05) is 50.9 Å². The molecule has 22 heavy (non-hydrogen) atoms. The fourth-order valence-corrected chi connectivity index (χ4v) is 3.26. The van der Waals surface area contributed by atoms with Gasteiger partial charge in [0.1, 0.15) is 16.5 Å². The highest BCUT2D eigenvalue weighted by atomic mass is 79.9. The molecular formula is C16H13BrClNO2S. The zero-order chi connectivity index (χ0) is 15.5. The monoisotopic (exact) mass is 397 g/mol. The molecule has 0 radical (unpaired) electrons. The molecule has 1 heterocycles. The first-order valence-corrected chi connectivity index (χ1v) is 9.38. The number of nitrogens with zero attached hydrogens (tertiary/aromatic N) is 1. The first-order chi connectivity index (χ1) is 10.8. The van der Waals surface area contributed by atoms with Gasteiger partial charge in [-0.25, -0.2) is 0 Å². The van der Waals surface area contributed by atoms with Crippen molar-refractivity contribution in [1.82, 2.24) is 5.16 Å². The first kappa shape index (κ1) is 15.7. The second-order valence-corrected chi connectivity index (χ2v) is 6.54. The number of benzene rings is 2. The Balaban J connectivity index is 2.11. The van der Waals surface area contributed by atoms with Gasteiger partial charge in [0.25, 0.3) is 0 Å². The lowest BCUT2D eigenvalue weighted by Crippen LogP contribution is -1.98. The summed E-state index contributed by atoms with van der Waals surface area (Å²) in [5.41, 5.74) is 2.40. The Hall–Kier alpha value is -1.17. The van der Waals surface area contributed by atoms with Crippen molar-refractivity contribution < 1.29 is 9.26 Å². The summed E-state index contributed by atoms with van der Waals surface area (Å²) >= 11 is 11.4. The second-order valence-electron chi connectivity index (χ2n) is 4.52. The topological polar surface area (TPSA) is 35.3 Å². The molecule has 0 spiro atoms. The van der Waals surface area contributed by atoms with Crippen LogP contribution in [0.2, 0.25) is 5.02 Å². The van der Waals surface area contributed by atoms with E-state index in [0.29, 0.717) is 23.0 Å². The summed E-state index contributed by atoms with van der Waals surface area (Å²) in [7, 11) is 0. The molecule has 3 nitrogen and oxygen atoms in total. The minimum Gasteiger partial charge on any atom is -0.491 e. The summed E-state index contributed by atoms with van der Waals surface area (Å²) in [6, 6.07) is 11.9. The van der Waals surface area contributed by atoms with E-state index in [4.69, 9.17) is 20.9 Å². The lowest BCUT2D eigenvalue weighted by Gasteiger charge is -2.06. The maximum absolute atomic E-state index is 6.37. The lowest BCUT2D eigenvalue weighted by molar-refractivity contribution is 0.344. The van der Waals surface area contributed by atoms with Gasteiger partial charge in [0.15, 0.2) is 5.58 Å². The van der Waals surface area contributed by atoms with Gasteiger partial charge in [0, 0.05) is 15.8 Å². The molecule has 0 atom stereocenters. The zero-order valence-electron chi connectivity index (χ0n) is 11.8. The van der Waals surface area contributed by atoms with Crippen LogP contribution in [0, 0.1) is 0 Å². The Labute approximate surface area is 146 Å². The molecule has 6 heteroatoms. The standard InChI is InChI=1S/C16H13BrClNO2S/c1-22-13-5-3-2-4-10(13)15-11-6-7-12(20-9-8-17)14(18)16(11)21-19-15/h2-7H,8-9H2,1H3. The molecule has 0 aliphatic heterocycles. The summed E-state index contributed by atoms with van der Waals surface area (Å²) in [5, 5.41) is 6.30. The van der Waals surface area contributed by atoms with Gasteiger partial charge in [-0.15, -0.1) is 11.8 Å². The minimum absolute atomic E-state index is 0.457. The van der Waals surface area contributed by atoms with Crippen molar-refractivity contribution >= 4 is 50.3 Å². The SMILES string of the molecule is CSc1ccccc1-c1noc2c(Cl)c(OCCBr)ccc12. The zero-order valence-corrected chi connectivity index (χ0v) is 15.0. The molecule has 0 N–H and O–H groups in total. The van der Waals surface area contributed by atoms with Gasteiger partial charge in [-0.05, 0) is 24.5 Å². The fraction of sp³-hybridized carbons (Fsp3) is 0.188. The number of fused-ring (bicyclic) bond motifs is 1. The Morgan fingerprint density at radius 2 is 2.09 bits per heavy atom. The Bertz CT molecular complexity index is 806. The molecule has 1 aromatic heterocycles. The van der Waals surface area contributed by atoms with Crippen LogP contribution >= 0.6 is 39.3 Å². The maximum atomic E-state index is 6.37. The van der Waals surface area contributed by atoms with Crippen molar-refractivity contribution in [1.29, 1.82) is 0 Å². The Morgan fingerprint density at radius 3 is 2.86 bits per heavy atom. The fourth-order valence-electron chi connectivity index (χ4n) is 2.25. The van der Waals surface area contributed by atoms with Gasteiger partial charge in [0.2, 0.25) is 0 Å². The Kier molecular flexibility index (Phi) is 4.96. The van der Waals surface area contributed by atoms with E-state index in [9.17, 15) is 0 Å². The molecule has 3 rings (SSSR count). The molecule has 0 fully saturated rings. The summed E-state index contributed by atoms with van der Waals surface area (Å²) < 4.78 is 11.1. The molecule has 3 aromatic rings. The first-order valence-electron chi connectivity index (χ1n) is 6.66. The number of rotatable bonds is 5. The molecule has 114 valence electrons. The van der Waals surface area contributed by atoms with Crippen molar-refractivity contribution in [3.63, 3.8) is 0 Å². The van der Waals surface area contributed by atoms with Crippen LogP contribution in [0.4, 0.5) is 0 Å². The number of ether oxygens (including phenoxy) is 1. The van der Waals surface area contributed by atoms with Crippen LogP contribution in [-0.4, -0.2) is 23.3 Å². The molecule has 0 saturated heterocycles. The predicted octanol–water partition coefficient (Wildman–Crippen LogP) is 5.64. The van der Waals surface area contributed by atoms with Gasteiger partial charge < -0.3 is 9.26 Å². The second kappa shape index (κ2) is 6.94. The van der Waals surface area contributed by atoms with E-state index in [1.54, 1.807) is 11.8 Å². The summed E-state index contributed by atoms with van der Waals surface area (Å²) in [5.74, 6) is 0.606. The number of alkyl halides is 1. The number of thioether (sulfide) groups is 1. The number of aromatic nitrogens is 1. The number of hydrogen-bond donors (Lipinski definition) is 0. The average Bonchev–Trinajstić information content (AvgIpc) is 2.99. The molecule has 0 aliphatic rings. The quantitative estimate of drug-likeness (QED) is 0.411. The van der Waals surface area contributed by atoms with E-state index in [1.165, 1.54) is 0 Å². The van der Waals surface area contributed by atoms with Crippen LogP contribution in [0.1, 0.15) is 0 Å². The minimum atomic E-state index is 0.457. The van der Waals surface area contributed by atoms with E-state index in [-0.39, 0.29) is 0 Å². The van der Waals surface area contributed by atoms with Gasteiger partial charge >= 0.3 is 0 Å². The van der Waals surface area contributed by atoms with Crippen LogP contribution in [0.25, 0.3) is 22.2 Å². The largest absolute Gasteiger partial charge is 0.491 e. The van der Waals surface area contributed by atoms with E-state index < -0.39 is 0 Å². The highest BCUT2D eigenvalue weighted by Gasteiger charge is 2.18. The summed E-state index contributed by atoms with van der Waals surface area (Å²) in [4.78, 5) is 1.15. The number of hydrogen-bond acceptors (Lipinski definition) is 4. The van der Waals surface area contributed by atoms with Crippen LogP contribution in [-0.2, 0) is 0 Å². The molecule has 0 saturated carbocycles. The van der Waals surface area contributed by atoms with Gasteiger partial charge in [0.05, 0.1) is 12.0 Å². The molecular weight excluding hydrogens is 386 g/mol. The van der Waals surface area contributed by atoms with Crippen LogP contribution in [0.3, 0.4) is 0 Å². The molecule has 2 aromatic carbocycles. The smallest absolute Gasteiger partial charge is 0.189 e. The molecule has 0 aliphatic carbocycles.